The maximum Gasteiger partial charge on any atom is 0.283 e. The lowest BCUT2D eigenvalue weighted by molar-refractivity contribution is -0.120. The Morgan fingerprint density at radius 3 is 2.14 bits per heavy atom. The molecule has 0 saturated carbocycles. The molecule has 8 heteroatoms. The Bertz CT molecular complexity index is 1380. The average Bonchev–Trinajstić information content (AvgIpc) is 3.08. The molecule has 1 heterocycles. The van der Waals surface area contributed by atoms with Crippen molar-refractivity contribution < 1.29 is 14.4 Å². The molecule has 0 bridgehead atoms. The van der Waals surface area contributed by atoms with Crippen molar-refractivity contribution in [2.75, 3.05) is 15.5 Å². The van der Waals surface area contributed by atoms with Crippen LogP contribution in [0.5, 0.6) is 0 Å². The molecule has 1 aliphatic rings. The molecule has 0 atom stereocenters. The number of nitrogens with zero attached hydrogens (tertiary/aromatic N) is 1. The van der Waals surface area contributed by atoms with Crippen molar-refractivity contribution in [2.24, 2.45) is 0 Å². The highest BCUT2D eigenvalue weighted by Crippen LogP contribution is 2.32. The largest absolute Gasteiger partial charge is 0.349 e. The van der Waals surface area contributed by atoms with Crippen LogP contribution in [0.4, 0.5) is 17.1 Å². The van der Waals surface area contributed by atoms with Gasteiger partial charge in [-0.05, 0) is 72.9 Å². The number of anilines is 3. The van der Waals surface area contributed by atoms with Crippen molar-refractivity contribution in [3.05, 3.63) is 98.7 Å². The first-order valence-electron chi connectivity index (χ1n) is 11.6. The third kappa shape index (κ3) is 4.87. The molecular weight excluding hydrogens is 497 g/mol. The summed E-state index contributed by atoms with van der Waals surface area (Å²) < 4.78 is 0. The number of carbonyl (C=O) groups is 3. The van der Waals surface area contributed by atoms with Gasteiger partial charge < -0.3 is 10.6 Å². The molecule has 3 amide bonds. The molecule has 0 radical (unpaired) electrons. The van der Waals surface area contributed by atoms with E-state index in [9.17, 15) is 14.4 Å². The van der Waals surface area contributed by atoms with Crippen LogP contribution in [0.1, 0.15) is 40.9 Å². The molecule has 0 saturated heterocycles. The highest BCUT2D eigenvalue weighted by Gasteiger charge is 2.39. The van der Waals surface area contributed by atoms with Crippen LogP contribution >= 0.6 is 23.2 Å². The second kappa shape index (κ2) is 10.6. The van der Waals surface area contributed by atoms with Gasteiger partial charge in [0.1, 0.15) is 10.7 Å². The average molecular weight is 522 g/mol. The Labute approximate surface area is 219 Å². The number of amides is 3. The number of rotatable bonds is 7. The molecule has 0 aliphatic carbocycles. The maximum atomic E-state index is 13.2. The van der Waals surface area contributed by atoms with Crippen LogP contribution in [0.2, 0.25) is 5.02 Å². The van der Waals surface area contributed by atoms with Crippen LogP contribution in [0, 0.1) is 6.92 Å². The fraction of sp³-hybridized carbons (Fsp3) is 0.179. The third-order valence-electron chi connectivity index (χ3n) is 6.11. The van der Waals surface area contributed by atoms with E-state index in [2.05, 4.69) is 10.6 Å². The lowest BCUT2D eigenvalue weighted by atomic mass is 10.0. The molecule has 36 heavy (non-hydrogen) atoms. The van der Waals surface area contributed by atoms with E-state index in [0.29, 0.717) is 22.0 Å². The van der Waals surface area contributed by atoms with Crippen molar-refractivity contribution in [3.8, 4) is 0 Å². The van der Waals surface area contributed by atoms with Gasteiger partial charge in [-0.25, -0.2) is 4.90 Å². The number of benzene rings is 3. The van der Waals surface area contributed by atoms with Crippen LogP contribution in [0.15, 0.2) is 71.4 Å². The molecular formula is C28H25Cl2N3O3. The smallest absolute Gasteiger partial charge is 0.283 e. The summed E-state index contributed by atoms with van der Waals surface area (Å²) in [5, 5.41) is 6.29. The summed E-state index contributed by atoms with van der Waals surface area (Å²) in [6, 6.07) is 17.4. The second-order valence-electron chi connectivity index (χ2n) is 8.38. The molecule has 0 fully saturated rings. The van der Waals surface area contributed by atoms with Gasteiger partial charge in [0.05, 0.1) is 5.69 Å². The number of halogens is 2. The van der Waals surface area contributed by atoms with Gasteiger partial charge in [0.15, 0.2) is 0 Å². The van der Waals surface area contributed by atoms with Gasteiger partial charge in [0.25, 0.3) is 17.7 Å². The quantitative estimate of drug-likeness (QED) is 0.349. The van der Waals surface area contributed by atoms with Crippen LogP contribution < -0.4 is 15.5 Å². The number of aryl methyl sites for hydroxylation is 3. The van der Waals surface area contributed by atoms with E-state index in [1.54, 1.807) is 42.5 Å². The summed E-state index contributed by atoms with van der Waals surface area (Å²) in [6.07, 6.45) is 1.58. The summed E-state index contributed by atoms with van der Waals surface area (Å²) in [5.41, 5.74) is 4.91. The number of carbonyl (C=O) groups excluding carboxylic acids is 3. The molecule has 0 spiro atoms. The Morgan fingerprint density at radius 1 is 0.889 bits per heavy atom. The van der Waals surface area contributed by atoms with Crippen molar-refractivity contribution in [1.29, 1.82) is 0 Å². The summed E-state index contributed by atoms with van der Waals surface area (Å²) in [4.78, 5) is 40.0. The standard InChI is InChI=1S/C28H25Cl2N3O3/c1-4-17-7-6-8-18(5-2)24(17)32-26(34)19-10-9-16(3)22(15-19)31-25-23(30)27(35)33(28(25)36)21-13-11-20(29)12-14-21/h6-15,31H,4-5H2,1-3H3,(H,32,34). The zero-order chi connectivity index (χ0) is 26.0. The lowest BCUT2D eigenvalue weighted by Crippen LogP contribution is -2.32. The molecule has 3 aromatic carbocycles. The topological polar surface area (TPSA) is 78.5 Å². The fourth-order valence-electron chi connectivity index (χ4n) is 4.06. The van der Waals surface area contributed by atoms with Crippen molar-refractivity contribution >= 4 is 58.0 Å². The maximum absolute atomic E-state index is 13.2. The van der Waals surface area contributed by atoms with Crippen molar-refractivity contribution in [3.63, 3.8) is 0 Å². The molecule has 6 nitrogen and oxygen atoms in total. The van der Waals surface area contributed by atoms with Gasteiger partial charge in [-0.2, -0.15) is 0 Å². The van der Waals surface area contributed by atoms with Gasteiger partial charge in [-0.3, -0.25) is 14.4 Å². The van der Waals surface area contributed by atoms with E-state index >= 15 is 0 Å². The Kier molecular flexibility index (Phi) is 7.48. The van der Waals surface area contributed by atoms with Crippen LogP contribution in [-0.4, -0.2) is 17.7 Å². The molecule has 3 aromatic rings. The summed E-state index contributed by atoms with van der Waals surface area (Å²) >= 11 is 12.2. The monoisotopic (exact) mass is 521 g/mol. The first-order valence-corrected chi connectivity index (χ1v) is 12.3. The molecule has 1 aliphatic heterocycles. The first kappa shape index (κ1) is 25.5. The molecule has 4 rings (SSSR count). The summed E-state index contributed by atoms with van der Waals surface area (Å²) in [5.74, 6) is -1.50. The summed E-state index contributed by atoms with van der Waals surface area (Å²) in [7, 11) is 0. The number of hydrogen-bond acceptors (Lipinski definition) is 4. The third-order valence-corrected chi connectivity index (χ3v) is 6.71. The molecule has 0 unspecified atom stereocenters. The van der Waals surface area contributed by atoms with E-state index in [0.717, 1.165) is 40.1 Å². The van der Waals surface area contributed by atoms with Gasteiger partial charge in [0, 0.05) is 22.0 Å². The minimum absolute atomic E-state index is 0.0538. The molecule has 0 aromatic heterocycles. The first-order chi connectivity index (χ1) is 17.2. The molecule has 2 N–H and O–H groups in total. The van der Waals surface area contributed by atoms with Crippen molar-refractivity contribution in [1.82, 2.24) is 0 Å². The minimum Gasteiger partial charge on any atom is -0.349 e. The second-order valence-corrected chi connectivity index (χ2v) is 9.19. The SMILES string of the molecule is CCc1cccc(CC)c1NC(=O)c1ccc(C)c(NC2=C(Cl)C(=O)N(c3ccc(Cl)cc3)C2=O)c1. The van der Waals surface area contributed by atoms with E-state index in [-0.39, 0.29) is 16.6 Å². The highest BCUT2D eigenvalue weighted by atomic mass is 35.5. The number of imide groups is 1. The van der Waals surface area contributed by atoms with E-state index in [1.807, 2.05) is 39.0 Å². The number of hydrogen-bond donors (Lipinski definition) is 2. The summed E-state index contributed by atoms with van der Waals surface area (Å²) in [6.45, 7) is 5.92. The Balaban J connectivity index is 1.60. The van der Waals surface area contributed by atoms with Gasteiger partial charge in [-0.15, -0.1) is 0 Å². The highest BCUT2D eigenvalue weighted by molar-refractivity contribution is 6.53. The van der Waals surface area contributed by atoms with Gasteiger partial charge in [0.2, 0.25) is 0 Å². The normalized spacial score (nSPS) is 13.4. The van der Waals surface area contributed by atoms with E-state index in [1.165, 1.54) is 0 Å². The van der Waals surface area contributed by atoms with Crippen LogP contribution in [0.25, 0.3) is 0 Å². The van der Waals surface area contributed by atoms with Crippen LogP contribution in [0.3, 0.4) is 0 Å². The van der Waals surface area contributed by atoms with Gasteiger partial charge in [-0.1, -0.05) is 61.3 Å². The zero-order valence-corrected chi connectivity index (χ0v) is 21.6. The van der Waals surface area contributed by atoms with Crippen LogP contribution in [-0.2, 0) is 22.4 Å². The zero-order valence-electron chi connectivity index (χ0n) is 20.1. The van der Waals surface area contributed by atoms with Gasteiger partial charge >= 0.3 is 0 Å². The van der Waals surface area contributed by atoms with E-state index < -0.39 is 11.8 Å². The molecule has 184 valence electrons. The predicted octanol–water partition coefficient (Wildman–Crippen LogP) is 6.46. The Hall–Kier alpha value is -3.61. The van der Waals surface area contributed by atoms with E-state index in [4.69, 9.17) is 23.2 Å². The number of nitrogens with one attached hydrogen (secondary N) is 2. The minimum atomic E-state index is -0.638. The van der Waals surface area contributed by atoms with Crippen molar-refractivity contribution in [2.45, 2.75) is 33.6 Å². The lowest BCUT2D eigenvalue weighted by Gasteiger charge is -2.17. The number of para-hydroxylation sites is 1. The fourth-order valence-corrected chi connectivity index (χ4v) is 4.40. The predicted molar refractivity (Wildman–Crippen MR) is 145 cm³/mol. The Morgan fingerprint density at radius 2 is 1.53 bits per heavy atom.